The van der Waals surface area contributed by atoms with Crippen LogP contribution in [0.2, 0.25) is 0 Å². The molecule has 0 aliphatic heterocycles. The number of carbonyl (C=O) groups excluding carboxylic acids is 2. The lowest BCUT2D eigenvalue weighted by Gasteiger charge is -2.14. The van der Waals surface area contributed by atoms with E-state index in [1.54, 1.807) is 25.2 Å². The SMILES string of the molecule is C[NH+](CC(=O)NCC(=O)Nc1ccc(F)c(F)c1F)Cc1ccccc1F. The summed E-state index contributed by atoms with van der Waals surface area (Å²) in [5.41, 5.74) is -0.0789. The lowest BCUT2D eigenvalue weighted by Crippen LogP contribution is -3.09. The van der Waals surface area contributed by atoms with E-state index in [0.29, 0.717) is 16.5 Å². The first-order valence-electron chi connectivity index (χ1n) is 8.02. The largest absolute Gasteiger partial charge is 0.342 e. The van der Waals surface area contributed by atoms with Crippen LogP contribution < -0.4 is 15.5 Å². The van der Waals surface area contributed by atoms with E-state index in [4.69, 9.17) is 0 Å². The molecule has 2 amide bonds. The zero-order valence-electron chi connectivity index (χ0n) is 14.4. The van der Waals surface area contributed by atoms with Crippen LogP contribution in [0.5, 0.6) is 0 Å². The zero-order valence-corrected chi connectivity index (χ0v) is 14.4. The number of quaternary nitrogens is 1. The number of amides is 2. The second-order valence-corrected chi connectivity index (χ2v) is 5.95. The van der Waals surface area contributed by atoms with Gasteiger partial charge in [-0.25, -0.2) is 17.6 Å². The van der Waals surface area contributed by atoms with E-state index in [0.717, 1.165) is 6.07 Å². The number of likely N-dealkylation sites (N-methyl/N-ethyl adjacent to an activating group) is 1. The molecule has 0 saturated heterocycles. The molecule has 0 saturated carbocycles. The third-order valence-electron chi connectivity index (χ3n) is 3.67. The maximum atomic E-state index is 13.6. The molecule has 0 fully saturated rings. The third-order valence-corrected chi connectivity index (χ3v) is 3.67. The maximum Gasteiger partial charge on any atom is 0.275 e. The van der Waals surface area contributed by atoms with Gasteiger partial charge in [0.05, 0.1) is 19.3 Å². The van der Waals surface area contributed by atoms with Crippen molar-refractivity contribution in [3.8, 4) is 0 Å². The van der Waals surface area contributed by atoms with Crippen molar-refractivity contribution in [1.29, 1.82) is 0 Å². The van der Waals surface area contributed by atoms with E-state index in [1.165, 1.54) is 6.07 Å². The summed E-state index contributed by atoms with van der Waals surface area (Å²) in [7, 11) is 1.68. The summed E-state index contributed by atoms with van der Waals surface area (Å²) in [6.07, 6.45) is 0. The molecule has 2 aromatic rings. The number of anilines is 1. The number of hydrogen-bond donors (Lipinski definition) is 3. The molecule has 1 atom stereocenters. The van der Waals surface area contributed by atoms with Crippen molar-refractivity contribution in [2.75, 3.05) is 25.5 Å². The zero-order chi connectivity index (χ0) is 20.0. The van der Waals surface area contributed by atoms with Crippen LogP contribution in [0.3, 0.4) is 0 Å². The summed E-state index contributed by atoms with van der Waals surface area (Å²) >= 11 is 0. The third kappa shape index (κ3) is 5.78. The van der Waals surface area contributed by atoms with Crippen molar-refractivity contribution in [3.05, 3.63) is 65.2 Å². The fraction of sp³-hybridized carbons (Fsp3) is 0.222. The second-order valence-electron chi connectivity index (χ2n) is 5.95. The number of rotatable bonds is 7. The van der Waals surface area contributed by atoms with Gasteiger partial charge in [0.25, 0.3) is 5.91 Å². The molecule has 9 heteroatoms. The van der Waals surface area contributed by atoms with Gasteiger partial charge in [-0.05, 0) is 18.2 Å². The van der Waals surface area contributed by atoms with Crippen molar-refractivity contribution in [1.82, 2.24) is 5.32 Å². The minimum absolute atomic E-state index is 0.0266. The van der Waals surface area contributed by atoms with Gasteiger partial charge in [0.15, 0.2) is 24.0 Å². The number of benzene rings is 2. The molecule has 144 valence electrons. The highest BCUT2D eigenvalue weighted by Gasteiger charge is 2.17. The first kappa shape index (κ1) is 20.4. The minimum atomic E-state index is -1.70. The van der Waals surface area contributed by atoms with Gasteiger partial charge in [-0.15, -0.1) is 0 Å². The van der Waals surface area contributed by atoms with Crippen LogP contribution >= 0.6 is 0 Å². The number of nitrogens with one attached hydrogen (secondary N) is 3. The number of hydrogen-bond acceptors (Lipinski definition) is 2. The average molecular weight is 384 g/mol. The highest BCUT2D eigenvalue weighted by Crippen LogP contribution is 2.19. The Kier molecular flexibility index (Phi) is 6.89. The monoisotopic (exact) mass is 384 g/mol. The lowest BCUT2D eigenvalue weighted by atomic mass is 10.2. The molecule has 0 bridgehead atoms. The van der Waals surface area contributed by atoms with Crippen LogP contribution in [-0.2, 0) is 16.1 Å². The second kappa shape index (κ2) is 9.13. The van der Waals surface area contributed by atoms with Gasteiger partial charge < -0.3 is 15.5 Å². The normalized spacial score (nSPS) is 11.7. The van der Waals surface area contributed by atoms with Crippen molar-refractivity contribution >= 4 is 17.5 Å². The molecule has 5 nitrogen and oxygen atoms in total. The standard InChI is InChI=1S/C18H17F4N3O2/c1-25(9-11-4-2-3-5-12(11)19)10-16(27)23-8-15(26)24-14-7-6-13(20)17(21)18(14)22/h2-7H,8-10H2,1H3,(H,23,27)(H,24,26)/p+1. The molecule has 3 N–H and O–H groups in total. The summed E-state index contributed by atoms with van der Waals surface area (Å²) in [4.78, 5) is 24.3. The minimum Gasteiger partial charge on any atom is -0.342 e. The van der Waals surface area contributed by atoms with Crippen LogP contribution in [0.1, 0.15) is 5.56 Å². The maximum absolute atomic E-state index is 13.6. The van der Waals surface area contributed by atoms with Crippen molar-refractivity contribution in [2.24, 2.45) is 0 Å². The number of carbonyl (C=O) groups is 2. The summed E-state index contributed by atoms with van der Waals surface area (Å²) in [5, 5.41) is 4.37. The highest BCUT2D eigenvalue weighted by molar-refractivity contribution is 5.94. The number of halogens is 4. The van der Waals surface area contributed by atoms with Crippen LogP contribution in [-0.4, -0.2) is 32.0 Å². The van der Waals surface area contributed by atoms with E-state index < -0.39 is 41.5 Å². The van der Waals surface area contributed by atoms with Crippen molar-refractivity contribution < 1.29 is 32.1 Å². The summed E-state index contributed by atoms with van der Waals surface area (Å²) in [5.74, 6) is -6.26. The van der Waals surface area contributed by atoms with Gasteiger partial charge >= 0.3 is 0 Å². The Morgan fingerprint density at radius 3 is 2.33 bits per heavy atom. The van der Waals surface area contributed by atoms with Gasteiger partial charge in [-0.1, -0.05) is 18.2 Å². The van der Waals surface area contributed by atoms with Gasteiger partial charge in [0.1, 0.15) is 12.4 Å². The first-order chi connectivity index (χ1) is 12.8. The summed E-state index contributed by atoms with van der Waals surface area (Å²) < 4.78 is 53.0. The van der Waals surface area contributed by atoms with E-state index >= 15 is 0 Å². The van der Waals surface area contributed by atoms with E-state index in [1.807, 2.05) is 5.32 Å². The Morgan fingerprint density at radius 2 is 1.63 bits per heavy atom. The molecule has 0 aromatic heterocycles. The highest BCUT2D eigenvalue weighted by atomic mass is 19.2. The quantitative estimate of drug-likeness (QED) is 0.493. The van der Waals surface area contributed by atoms with Gasteiger partial charge in [0, 0.05) is 5.56 Å². The predicted molar refractivity (Wildman–Crippen MR) is 89.8 cm³/mol. The fourth-order valence-electron chi connectivity index (χ4n) is 2.36. The molecule has 0 radical (unpaired) electrons. The summed E-state index contributed by atoms with van der Waals surface area (Å²) in [6.45, 7) is -0.238. The predicted octanol–water partition coefficient (Wildman–Crippen LogP) is 1.01. The van der Waals surface area contributed by atoms with Crippen LogP contribution in [0.4, 0.5) is 23.2 Å². The smallest absolute Gasteiger partial charge is 0.275 e. The van der Waals surface area contributed by atoms with Gasteiger partial charge in [0.2, 0.25) is 5.91 Å². The molecule has 0 spiro atoms. The van der Waals surface area contributed by atoms with E-state index in [2.05, 4.69) is 5.32 Å². The van der Waals surface area contributed by atoms with E-state index in [-0.39, 0.29) is 18.9 Å². The molecule has 1 unspecified atom stereocenters. The summed E-state index contributed by atoms with van der Waals surface area (Å²) in [6, 6.07) is 7.74. The first-order valence-corrected chi connectivity index (χ1v) is 8.02. The Bertz CT molecular complexity index is 845. The molecular weight excluding hydrogens is 366 g/mol. The fourth-order valence-corrected chi connectivity index (χ4v) is 2.36. The Balaban J connectivity index is 1.80. The van der Waals surface area contributed by atoms with Crippen molar-refractivity contribution in [2.45, 2.75) is 6.54 Å². The lowest BCUT2D eigenvalue weighted by molar-refractivity contribution is -0.885. The average Bonchev–Trinajstić information content (AvgIpc) is 2.62. The van der Waals surface area contributed by atoms with Gasteiger partial charge in [-0.3, -0.25) is 9.59 Å². The Labute approximate surface area is 153 Å². The topological polar surface area (TPSA) is 62.6 Å². The molecular formula is C18H18F4N3O2+. The van der Waals surface area contributed by atoms with Gasteiger partial charge in [-0.2, -0.15) is 0 Å². The molecule has 0 heterocycles. The van der Waals surface area contributed by atoms with Crippen LogP contribution in [0.25, 0.3) is 0 Å². The molecule has 2 aromatic carbocycles. The van der Waals surface area contributed by atoms with Crippen LogP contribution in [0, 0.1) is 23.3 Å². The molecule has 0 aliphatic rings. The molecule has 27 heavy (non-hydrogen) atoms. The van der Waals surface area contributed by atoms with Crippen LogP contribution in [0.15, 0.2) is 36.4 Å². The van der Waals surface area contributed by atoms with E-state index in [9.17, 15) is 27.2 Å². The van der Waals surface area contributed by atoms with Crippen molar-refractivity contribution in [3.63, 3.8) is 0 Å². The molecule has 2 rings (SSSR count). The Morgan fingerprint density at radius 1 is 0.926 bits per heavy atom. The molecule has 0 aliphatic carbocycles. The Hall–Kier alpha value is -2.94.